The predicted molar refractivity (Wildman–Crippen MR) is 150 cm³/mol. The van der Waals surface area contributed by atoms with E-state index in [2.05, 4.69) is 73.8 Å². The van der Waals surface area contributed by atoms with Crippen LogP contribution in [0.1, 0.15) is 23.3 Å². The Morgan fingerprint density at radius 2 is 1.86 bits per heavy atom. The third-order valence-electron chi connectivity index (χ3n) is 7.27. The summed E-state index contributed by atoms with van der Waals surface area (Å²) in [5.74, 6) is 1.46. The lowest BCUT2D eigenvalue weighted by Crippen LogP contribution is -2.28. The summed E-state index contributed by atoms with van der Waals surface area (Å²) in [6, 6.07) is 14.9. The molecule has 7 nitrogen and oxygen atoms in total. The van der Waals surface area contributed by atoms with Gasteiger partial charge in [-0.1, -0.05) is 6.07 Å². The van der Waals surface area contributed by atoms with Gasteiger partial charge in [-0.2, -0.15) is 5.10 Å². The normalized spacial score (nSPS) is 14.6. The molecule has 184 valence electrons. The van der Waals surface area contributed by atoms with Crippen molar-refractivity contribution >= 4 is 33.3 Å². The van der Waals surface area contributed by atoms with Crippen molar-refractivity contribution in [2.45, 2.75) is 26.2 Å². The van der Waals surface area contributed by atoms with E-state index in [9.17, 15) is 0 Å². The molecule has 1 aliphatic heterocycles. The monoisotopic (exact) mass is 505 g/mol. The van der Waals surface area contributed by atoms with Gasteiger partial charge in [-0.3, -0.25) is 15.1 Å². The number of hydrogen-bond donors (Lipinski definition) is 3. The molecule has 5 aromatic heterocycles. The molecular weight excluding hydrogens is 478 g/mol. The minimum atomic E-state index is 0.729. The molecule has 0 aliphatic carbocycles. The number of nitrogens with one attached hydrogen (secondary N) is 3. The molecule has 6 heterocycles. The SMILES string of the molecule is Cc1ccc(-c2nccc3[nH]c(-c4n[nH]c5ccc(-c6cncc(CC7CCNCC7)c6)cc45)nc23)s1. The van der Waals surface area contributed by atoms with Crippen LogP contribution in [0.2, 0.25) is 0 Å². The topological polar surface area (TPSA) is 95.2 Å². The summed E-state index contributed by atoms with van der Waals surface area (Å²) in [7, 11) is 0. The maximum Gasteiger partial charge on any atom is 0.159 e. The van der Waals surface area contributed by atoms with Crippen molar-refractivity contribution in [3.05, 3.63) is 71.5 Å². The lowest BCUT2D eigenvalue weighted by Gasteiger charge is -2.22. The number of rotatable bonds is 5. The van der Waals surface area contributed by atoms with E-state index >= 15 is 0 Å². The molecule has 0 saturated carbocycles. The van der Waals surface area contributed by atoms with E-state index in [1.165, 1.54) is 23.3 Å². The Balaban J connectivity index is 1.26. The Bertz CT molecular complexity index is 1720. The summed E-state index contributed by atoms with van der Waals surface area (Å²) in [6.07, 6.45) is 9.35. The number of nitrogens with zero attached hydrogens (tertiary/aromatic N) is 4. The van der Waals surface area contributed by atoms with Gasteiger partial charge in [-0.25, -0.2) is 4.98 Å². The van der Waals surface area contributed by atoms with E-state index in [-0.39, 0.29) is 0 Å². The van der Waals surface area contributed by atoms with Crippen LogP contribution in [0.3, 0.4) is 0 Å². The number of fused-ring (bicyclic) bond motifs is 2. The van der Waals surface area contributed by atoms with E-state index in [0.29, 0.717) is 0 Å². The fourth-order valence-corrected chi connectivity index (χ4v) is 6.21. The summed E-state index contributed by atoms with van der Waals surface area (Å²) < 4.78 is 0. The average Bonchev–Trinajstić information content (AvgIpc) is 3.66. The number of H-pyrrole nitrogens is 2. The van der Waals surface area contributed by atoms with Crippen molar-refractivity contribution in [1.29, 1.82) is 0 Å². The molecule has 1 aromatic carbocycles. The molecule has 1 aliphatic rings. The summed E-state index contributed by atoms with van der Waals surface area (Å²) >= 11 is 1.73. The molecule has 0 amide bonds. The fourth-order valence-electron chi connectivity index (χ4n) is 5.34. The molecule has 0 atom stereocenters. The van der Waals surface area contributed by atoms with Gasteiger partial charge in [0.25, 0.3) is 0 Å². The van der Waals surface area contributed by atoms with Crippen molar-refractivity contribution in [3.8, 4) is 33.2 Å². The number of imidazole rings is 1. The maximum absolute atomic E-state index is 4.96. The van der Waals surface area contributed by atoms with Gasteiger partial charge in [0, 0.05) is 34.4 Å². The number of thiophene rings is 1. The Morgan fingerprint density at radius 3 is 2.73 bits per heavy atom. The summed E-state index contributed by atoms with van der Waals surface area (Å²) in [6.45, 7) is 4.34. The molecular formula is C29H27N7S. The van der Waals surface area contributed by atoms with Crippen LogP contribution < -0.4 is 5.32 Å². The molecule has 0 spiro atoms. The van der Waals surface area contributed by atoms with E-state index in [0.717, 1.165) is 80.6 Å². The van der Waals surface area contributed by atoms with E-state index in [4.69, 9.17) is 4.98 Å². The molecule has 37 heavy (non-hydrogen) atoms. The third kappa shape index (κ3) is 4.22. The van der Waals surface area contributed by atoms with Gasteiger partial charge in [-0.05, 0) is 92.7 Å². The average molecular weight is 506 g/mol. The smallest absolute Gasteiger partial charge is 0.159 e. The Morgan fingerprint density at radius 1 is 0.946 bits per heavy atom. The van der Waals surface area contributed by atoms with Crippen molar-refractivity contribution in [2.75, 3.05) is 13.1 Å². The second-order valence-electron chi connectivity index (χ2n) is 9.86. The number of hydrogen-bond acceptors (Lipinski definition) is 6. The van der Waals surface area contributed by atoms with Crippen molar-refractivity contribution in [1.82, 2.24) is 35.5 Å². The molecule has 6 aromatic rings. The molecule has 0 radical (unpaired) electrons. The van der Waals surface area contributed by atoms with Gasteiger partial charge >= 0.3 is 0 Å². The lowest BCUT2D eigenvalue weighted by atomic mass is 9.91. The fraction of sp³-hybridized carbons (Fsp3) is 0.241. The highest BCUT2D eigenvalue weighted by Gasteiger charge is 2.18. The highest BCUT2D eigenvalue weighted by molar-refractivity contribution is 7.15. The number of aromatic nitrogens is 6. The summed E-state index contributed by atoms with van der Waals surface area (Å²) in [5.41, 5.74) is 8.06. The minimum absolute atomic E-state index is 0.729. The highest BCUT2D eigenvalue weighted by Crippen LogP contribution is 2.34. The molecule has 0 bridgehead atoms. The third-order valence-corrected chi connectivity index (χ3v) is 8.28. The standard InChI is InChI=1S/C29H27N7S/c1-17-2-5-25(37-17)28-27-24(8-11-32-28)33-29(34-27)26-22-14-20(3-4-23(22)35-36-26)21-13-19(15-31-16-21)12-18-6-9-30-10-7-18/h2-5,8,11,13-16,18,30H,6-7,9-10,12H2,1H3,(H,33,34)(H,35,36). The zero-order valence-electron chi connectivity index (χ0n) is 20.6. The highest BCUT2D eigenvalue weighted by atomic mass is 32.1. The van der Waals surface area contributed by atoms with Crippen LogP contribution in [-0.2, 0) is 6.42 Å². The van der Waals surface area contributed by atoms with Gasteiger partial charge in [0.15, 0.2) is 5.82 Å². The molecule has 0 unspecified atom stereocenters. The second-order valence-corrected chi connectivity index (χ2v) is 11.2. The first-order valence-electron chi connectivity index (χ1n) is 12.8. The molecule has 3 N–H and O–H groups in total. The van der Waals surface area contributed by atoms with Crippen LogP contribution >= 0.6 is 11.3 Å². The van der Waals surface area contributed by atoms with Gasteiger partial charge < -0.3 is 10.3 Å². The molecule has 1 saturated heterocycles. The maximum atomic E-state index is 4.96. The number of aryl methyl sites for hydroxylation is 1. The lowest BCUT2D eigenvalue weighted by molar-refractivity contribution is 0.372. The zero-order chi connectivity index (χ0) is 24.8. The van der Waals surface area contributed by atoms with Crippen LogP contribution in [0.25, 0.3) is 55.2 Å². The molecule has 1 fully saturated rings. The second kappa shape index (κ2) is 9.21. The van der Waals surface area contributed by atoms with E-state index < -0.39 is 0 Å². The van der Waals surface area contributed by atoms with Gasteiger partial charge in [0.05, 0.1) is 15.9 Å². The number of piperidine rings is 1. The van der Waals surface area contributed by atoms with Crippen LogP contribution in [0.5, 0.6) is 0 Å². The molecule has 8 heteroatoms. The van der Waals surface area contributed by atoms with Crippen LogP contribution in [0.4, 0.5) is 0 Å². The minimum Gasteiger partial charge on any atom is -0.336 e. The number of benzene rings is 1. The summed E-state index contributed by atoms with van der Waals surface area (Å²) in [5, 5.41) is 12.3. The Kier molecular flexibility index (Phi) is 5.56. The Hall–Kier alpha value is -3.88. The zero-order valence-corrected chi connectivity index (χ0v) is 21.4. The predicted octanol–water partition coefficient (Wildman–Crippen LogP) is 6.14. The number of pyridine rings is 2. The molecule has 7 rings (SSSR count). The van der Waals surface area contributed by atoms with Crippen LogP contribution in [0, 0.1) is 12.8 Å². The first kappa shape index (κ1) is 22.3. The van der Waals surface area contributed by atoms with Crippen molar-refractivity contribution in [3.63, 3.8) is 0 Å². The van der Waals surface area contributed by atoms with Crippen LogP contribution in [0.15, 0.2) is 61.1 Å². The van der Waals surface area contributed by atoms with Crippen molar-refractivity contribution in [2.24, 2.45) is 5.92 Å². The summed E-state index contributed by atoms with van der Waals surface area (Å²) in [4.78, 5) is 20.0. The van der Waals surface area contributed by atoms with Crippen LogP contribution in [-0.4, -0.2) is 43.2 Å². The van der Waals surface area contributed by atoms with Gasteiger partial charge in [-0.15, -0.1) is 11.3 Å². The quantitative estimate of drug-likeness (QED) is 0.261. The van der Waals surface area contributed by atoms with Gasteiger partial charge in [0.2, 0.25) is 0 Å². The first-order valence-corrected chi connectivity index (χ1v) is 13.6. The number of aromatic amines is 2. The van der Waals surface area contributed by atoms with E-state index in [1.807, 2.05) is 24.7 Å². The van der Waals surface area contributed by atoms with Gasteiger partial charge in [0.1, 0.15) is 16.9 Å². The first-order chi connectivity index (χ1) is 18.2. The van der Waals surface area contributed by atoms with E-state index in [1.54, 1.807) is 11.3 Å². The van der Waals surface area contributed by atoms with Crippen molar-refractivity contribution < 1.29 is 0 Å². The Labute approximate surface area is 218 Å². The largest absolute Gasteiger partial charge is 0.336 e.